The van der Waals surface area contributed by atoms with Gasteiger partial charge in [0.25, 0.3) is 0 Å². The molecule has 7 nitrogen and oxygen atoms in total. The van der Waals surface area contributed by atoms with Crippen molar-refractivity contribution in [2.45, 2.75) is 18.2 Å². The molecule has 1 aliphatic heterocycles. The zero-order valence-electron chi connectivity index (χ0n) is 17.6. The van der Waals surface area contributed by atoms with Crippen molar-refractivity contribution in [3.05, 3.63) is 48.0 Å². The van der Waals surface area contributed by atoms with Crippen LogP contribution >= 0.6 is 11.3 Å². The third kappa shape index (κ3) is 4.52. The van der Waals surface area contributed by atoms with Gasteiger partial charge >= 0.3 is 0 Å². The number of amides is 1. The monoisotopic (exact) mass is 459 g/mol. The van der Waals surface area contributed by atoms with Gasteiger partial charge in [-0.15, -0.1) is 0 Å². The Balaban J connectivity index is 1.39. The Bertz CT molecular complexity index is 1180. The number of thiazole rings is 1. The summed E-state index contributed by atoms with van der Waals surface area (Å²) in [5.41, 5.74) is 2.28. The molecule has 0 bridgehead atoms. The molecule has 164 valence electrons. The van der Waals surface area contributed by atoms with Gasteiger partial charge in [-0.1, -0.05) is 30.4 Å². The van der Waals surface area contributed by atoms with Crippen LogP contribution in [0.25, 0.3) is 10.2 Å². The van der Waals surface area contributed by atoms with Crippen molar-refractivity contribution in [1.82, 2.24) is 9.88 Å². The maximum atomic E-state index is 12.7. The van der Waals surface area contributed by atoms with Gasteiger partial charge in [-0.3, -0.25) is 4.79 Å². The fourth-order valence-electron chi connectivity index (χ4n) is 3.68. The maximum absolute atomic E-state index is 12.7. The molecule has 0 saturated carbocycles. The van der Waals surface area contributed by atoms with Gasteiger partial charge in [-0.2, -0.15) is 0 Å². The van der Waals surface area contributed by atoms with E-state index < -0.39 is 15.6 Å². The minimum absolute atomic E-state index is 0.126. The molecule has 0 aliphatic carbocycles. The maximum Gasteiger partial charge on any atom is 0.238 e. The Morgan fingerprint density at radius 1 is 1.10 bits per heavy atom. The molecular formula is C22H25N3O4S2. The van der Waals surface area contributed by atoms with Crippen molar-refractivity contribution in [2.24, 2.45) is 0 Å². The highest BCUT2D eigenvalue weighted by Crippen LogP contribution is 2.31. The molecule has 1 aliphatic rings. The van der Waals surface area contributed by atoms with E-state index in [0.29, 0.717) is 31.9 Å². The summed E-state index contributed by atoms with van der Waals surface area (Å²) in [6, 6.07) is 12.3. The Morgan fingerprint density at radius 3 is 2.45 bits per heavy atom. The van der Waals surface area contributed by atoms with E-state index in [9.17, 15) is 13.2 Å². The zero-order valence-corrected chi connectivity index (χ0v) is 19.2. The van der Waals surface area contributed by atoms with E-state index in [1.807, 2.05) is 0 Å². The molecule has 0 atom stereocenters. The molecule has 1 aromatic heterocycles. The molecule has 4 rings (SSSR count). The molecule has 2 aromatic carbocycles. The van der Waals surface area contributed by atoms with Gasteiger partial charge in [0.15, 0.2) is 15.0 Å². The third-order valence-corrected chi connectivity index (χ3v) is 8.21. The number of carbonyl (C=O) groups is 1. The number of methoxy groups -OCH3 is 1. The molecule has 1 amide bonds. The van der Waals surface area contributed by atoms with Gasteiger partial charge in [-0.05, 0) is 42.3 Å². The van der Waals surface area contributed by atoms with Crippen LogP contribution in [-0.2, 0) is 21.1 Å². The molecule has 2 heterocycles. The lowest BCUT2D eigenvalue weighted by Gasteiger charge is -2.34. The highest BCUT2D eigenvalue weighted by atomic mass is 32.2. The highest BCUT2D eigenvalue weighted by Gasteiger charge is 2.27. The summed E-state index contributed by atoms with van der Waals surface area (Å²) in [6.45, 7) is 4.35. The number of hydrogen-bond acceptors (Lipinski definition) is 7. The number of fused-ring (bicyclic) bond motifs is 1. The van der Waals surface area contributed by atoms with Gasteiger partial charge in [0.1, 0.15) is 11.5 Å². The number of anilines is 1. The fourth-order valence-corrected chi connectivity index (χ4v) is 5.97. The van der Waals surface area contributed by atoms with E-state index >= 15 is 0 Å². The molecule has 0 N–H and O–H groups in total. The first-order valence-electron chi connectivity index (χ1n) is 10.2. The van der Waals surface area contributed by atoms with Crippen LogP contribution in [0.1, 0.15) is 12.5 Å². The highest BCUT2D eigenvalue weighted by molar-refractivity contribution is 7.92. The molecule has 0 radical (unpaired) electrons. The number of para-hydroxylation sites is 1. The number of nitrogens with zero attached hydrogens (tertiary/aromatic N) is 3. The Hall–Kier alpha value is -2.65. The molecule has 0 unspecified atom stereocenters. The Morgan fingerprint density at radius 2 is 1.81 bits per heavy atom. The van der Waals surface area contributed by atoms with Crippen molar-refractivity contribution in [3.8, 4) is 5.75 Å². The van der Waals surface area contributed by atoms with E-state index in [0.717, 1.165) is 17.1 Å². The van der Waals surface area contributed by atoms with Gasteiger partial charge in [-0.25, -0.2) is 13.4 Å². The second-order valence-corrected chi connectivity index (χ2v) is 10.4. The molecule has 31 heavy (non-hydrogen) atoms. The largest absolute Gasteiger partial charge is 0.497 e. The summed E-state index contributed by atoms with van der Waals surface area (Å²) in [6.07, 6.45) is 0.936. The van der Waals surface area contributed by atoms with Gasteiger partial charge < -0.3 is 14.5 Å². The number of sulfone groups is 1. The summed E-state index contributed by atoms with van der Waals surface area (Å²) in [4.78, 5) is 21.4. The molecule has 1 saturated heterocycles. The topological polar surface area (TPSA) is 79.8 Å². The molecular weight excluding hydrogens is 434 g/mol. The second kappa shape index (κ2) is 8.84. The minimum atomic E-state index is -3.70. The zero-order chi connectivity index (χ0) is 22.0. The normalized spacial score (nSPS) is 14.8. The SMILES string of the molecule is CCc1cccc2sc(N3CCN(C(=O)CS(=O)(=O)c4ccc(OC)cc4)CC3)nc12. The fraction of sp³-hybridized carbons (Fsp3) is 0.364. The van der Waals surface area contributed by atoms with Crippen molar-refractivity contribution in [3.63, 3.8) is 0 Å². The second-order valence-electron chi connectivity index (χ2n) is 7.42. The molecule has 3 aromatic rings. The summed E-state index contributed by atoms with van der Waals surface area (Å²) in [5.74, 6) is -0.323. The molecule has 0 spiro atoms. The first kappa shape index (κ1) is 21.6. The summed E-state index contributed by atoms with van der Waals surface area (Å²) < 4.78 is 31.5. The predicted molar refractivity (Wildman–Crippen MR) is 123 cm³/mol. The van der Waals surface area contributed by atoms with Crippen molar-refractivity contribution in [1.29, 1.82) is 0 Å². The Labute approximate surface area is 186 Å². The number of piperazine rings is 1. The van der Waals surface area contributed by atoms with E-state index in [-0.39, 0.29) is 10.8 Å². The van der Waals surface area contributed by atoms with Gasteiger partial charge in [0.2, 0.25) is 5.91 Å². The lowest BCUT2D eigenvalue weighted by Crippen LogP contribution is -2.50. The van der Waals surface area contributed by atoms with E-state index in [4.69, 9.17) is 9.72 Å². The van der Waals surface area contributed by atoms with E-state index in [2.05, 4.69) is 30.0 Å². The van der Waals surface area contributed by atoms with Crippen molar-refractivity contribution >= 4 is 42.4 Å². The van der Waals surface area contributed by atoms with Crippen LogP contribution in [0.2, 0.25) is 0 Å². The average Bonchev–Trinajstić information content (AvgIpc) is 3.23. The standard InChI is InChI=1S/C22H25N3O4S2/c1-3-16-5-4-6-19-21(16)23-22(30-19)25-13-11-24(12-14-25)20(26)15-31(27,28)18-9-7-17(29-2)8-10-18/h4-10H,3,11-15H2,1-2H3. The Kier molecular flexibility index (Phi) is 6.15. The number of aryl methyl sites for hydroxylation is 1. The first-order chi connectivity index (χ1) is 14.9. The molecule has 9 heteroatoms. The van der Waals surface area contributed by atoms with Crippen LogP contribution in [0.15, 0.2) is 47.4 Å². The first-order valence-corrected chi connectivity index (χ1v) is 12.7. The van der Waals surface area contributed by atoms with Crippen LogP contribution in [0.3, 0.4) is 0 Å². The van der Waals surface area contributed by atoms with Crippen molar-refractivity contribution in [2.75, 3.05) is 43.9 Å². The predicted octanol–water partition coefficient (Wildman–Crippen LogP) is 2.99. The number of aromatic nitrogens is 1. The van der Waals surface area contributed by atoms with Crippen LogP contribution in [0, 0.1) is 0 Å². The molecule has 1 fully saturated rings. The van der Waals surface area contributed by atoms with E-state index in [1.54, 1.807) is 28.4 Å². The number of benzene rings is 2. The van der Waals surface area contributed by atoms with Crippen LogP contribution in [0.4, 0.5) is 5.13 Å². The smallest absolute Gasteiger partial charge is 0.238 e. The van der Waals surface area contributed by atoms with Crippen LogP contribution < -0.4 is 9.64 Å². The average molecular weight is 460 g/mol. The number of carbonyl (C=O) groups excluding carboxylic acids is 1. The summed E-state index contributed by atoms with van der Waals surface area (Å²) in [7, 11) is -2.18. The van der Waals surface area contributed by atoms with Gasteiger partial charge in [0, 0.05) is 26.2 Å². The quantitative estimate of drug-likeness (QED) is 0.564. The number of hydrogen-bond donors (Lipinski definition) is 0. The third-order valence-electron chi connectivity index (χ3n) is 5.51. The summed E-state index contributed by atoms with van der Waals surface area (Å²) >= 11 is 1.66. The van der Waals surface area contributed by atoms with E-state index in [1.165, 1.54) is 29.5 Å². The minimum Gasteiger partial charge on any atom is -0.497 e. The van der Waals surface area contributed by atoms with Crippen molar-refractivity contribution < 1.29 is 17.9 Å². The number of ether oxygens (including phenoxy) is 1. The van der Waals surface area contributed by atoms with Crippen LogP contribution in [0.5, 0.6) is 5.75 Å². The van der Waals surface area contributed by atoms with Gasteiger partial charge in [0.05, 0.1) is 22.2 Å². The summed E-state index contributed by atoms with van der Waals surface area (Å²) in [5, 5.41) is 0.953. The van der Waals surface area contributed by atoms with Crippen LogP contribution in [-0.4, -0.2) is 63.3 Å². The lowest BCUT2D eigenvalue weighted by molar-refractivity contribution is -0.128. The number of rotatable bonds is 6. The lowest BCUT2D eigenvalue weighted by atomic mass is 10.1.